The first-order valence-corrected chi connectivity index (χ1v) is 10.4. The van der Waals surface area contributed by atoms with Crippen molar-refractivity contribution in [1.82, 2.24) is 4.90 Å². The van der Waals surface area contributed by atoms with E-state index < -0.39 is 18.1 Å². The molecule has 0 aromatic heterocycles. The Balaban J connectivity index is 1.73. The highest BCUT2D eigenvalue weighted by Gasteiger charge is 2.32. The van der Waals surface area contributed by atoms with Gasteiger partial charge in [-0.1, -0.05) is 74.7 Å². The first-order chi connectivity index (χ1) is 14.1. The summed E-state index contributed by atoms with van der Waals surface area (Å²) in [5.41, 5.74) is 4.61. The normalized spacial score (nSPS) is 13.4. The molecule has 5 heteroatoms. The Hall–Kier alpha value is -2.82. The Morgan fingerprint density at radius 3 is 2.10 bits per heavy atom. The molecule has 29 heavy (non-hydrogen) atoms. The van der Waals surface area contributed by atoms with E-state index in [1.54, 1.807) is 6.92 Å². The molecule has 1 aliphatic carbocycles. The van der Waals surface area contributed by atoms with Crippen molar-refractivity contribution >= 4 is 12.1 Å². The molecule has 3 rings (SSSR count). The van der Waals surface area contributed by atoms with E-state index in [-0.39, 0.29) is 12.5 Å². The zero-order valence-electron chi connectivity index (χ0n) is 17.1. The third-order valence-corrected chi connectivity index (χ3v) is 5.65. The zero-order chi connectivity index (χ0) is 20.8. The minimum absolute atomic E-state index is 0.0339. The molecule has 2 aromatic carbocycles. The van der Waals surface area contributed by atoms with Crippen LogP contribution >= 0.6 is 0 Å². The molecular formula is C24H29NO4. The van der Waals surface area contributed by atoms with E-state index >= 15 is 0 Å². The smallest absolute Gasteiger partial charge is 0.410 e. The number of carboxylic acid groups (broad SMARTS) is 1. The van der Waals surface area contributed by atoms with Gasteiger partial charge in [0.15, 0.2) is 0 Å². The summed E-state index contributed by atoms with van der Waals surface area (Å²) in [6, 6.07) is 15.5. The van der Waals surface area contributed by atoms with Crippen LogP contribution in [0, 0.1) is 0 Å². The van der Waals surface area contributed by atoms with Crippen LogP contribution in [0.2, 0.25) is 0 Å². The quantitative estimate of drug-likeness (QED) is 0.586. The number of rotatable bonds is 9. The number of unbranched alkanes of at least 4 members (excludes halogenated alkanes) is 2. The van der Waals surface area contributed by atoms with Crippen molar-refractivity contribution in [2.24, 2.45) is 0 Å². The molecule has 2 aromatic rings. The van der Waals surface area contributed by atoms with Crippen LogP contribution < -0.4 is 0 Å². The highest BCUT2D eigenvalue weighted by atomic mass is 16.6. The maximum atomic E-state index is 12.8. The molecule has 1 aliphatic rings. The van der Waals surface area contributed by atoms with Gasteiger partial charge < -0.3 is 9.84 Å². The number of carbonyl (C=O) groups is 2. The SMILES string of the molecule is CCCCCC(C(=O)O)N(CC)C(=O)OCC1c2ccccc2-c2ccccc21. The van der Waals surface area contributed by atoms with Gasteiger partial charge in [-0.25, -0.2) is 9.59 Å². The van der Waals surface area contributed by atoms with Gasteiger partial charge in [-0.2, -0.15) is 0 Å². The lowest BCUT2D eigenvalue weighted by atomic mass is 9.98. The number of fused-ring (bicyclic) bond motifs is 3. The third-order valence-electron chi connectivity index (χ3n) is 5.65. The Kier molecular flexibility index (Phi) is 6.91. The number of benzene rings is 2. The van der Waals surface area contributed by atoms with Gasteiger partial charge >= 0.3 is 12.1 Å². The maximum absolute atomic E-state index is 12.8. The summed E-state index contributed by atoms with van der Waals surface area (Å²) in [6.45, 7) is 4.36. The minimum atomic E-state index is -0.975. The van der Waals surface area contributed by atoms with E-state index in [4.69, 9.17) is 4.74 Å². The molecule has 0 fully saturated rings. The summed E-state index contributed by atoms with van der Waals surface area (Å²) >= 11 is 0. The number of hydrogen-bond acceptors (Lipinski definition) is 3. The predicted octanol–water partition coefficient (Wildman–Crippen LogP) is 5.29. The predicted molar refractivity (Wildman–Crippen MR) is 113 cm³/mol. The van der Waals surface area contributed by atoms with E-state index in [1.807, 2.05) is 24.3 Å². The standard InChI is InChI=1S/C24H29NO4/c1-3-5-6-15-22(23(26)27)25(4-2)24(28)29-16-21-19-13-9-7-11-17(19)18-12-8-10-14-20(18)21/h7-14,21-22H,3-6,15-16H2,1-2H3,(H,26,27). The number of amides is 1. The Labute approximate surface area is 172 Å². The third kappa shape index (κ3) is 4.44. The molecule has 1 amide bonds. The van der Waals surface area contributed by atoms with Crippen LogP contribution in [0.1, 0.15) is 56.6 Å². The van der Waals surface area contributed by atoms with Crippen molar-refractivity contribution in [1.29, 1.82) is 0 Å². The molecule has 154 valence electrons. The fraction of sp³-hybridized carbons (Fsp3) is 0.417. The molecule has 5 nitrogen and oxygen atoms in total. The molecule has 0 aliphatic heterocycles. The first kappa shape index (κ1) is 20.9. The van der Waals surface area contributed by atoms with Crippen LogP contribution in [0.25, 0.3) is 11.1 Å². The lowest BCUT2D eigenvalue weighted by Gasteiger charge is -2.27. The van der Waals surface area contributed by atoms with Gasteiger partial charge in [0, 0.05) is 12.5 Å². The molecular weight excluding hydrogens is 366 g/mol. The summed E-state index contributed by atoms with van der Waals surface area (Å²) in [5, 5.41) is 9.61. The zero-order valence-corrected chi connectivity index (χ0v) is 17.1. The van der Waals surface area contributed by atoms with Crippen molar-refractivity contribution in [3.63, 3.8) is 0 Å². The van der Waals surface area contributed by atoms with Crippen molar-refractivity contribution < 1.29 is 19.4 Å². The summed E-state index contributed by atoms with van der Waals surface area (Å²) < 4.78 is 5.65. The molecule has 0 saturated carbocycles. The second-order valence-electron chi connectivity index (χ2n) is 7.44. The fourth-order valence-corrected chi connectivity index (χ4v) is 4.15. The van der Waals surface area contributed by atoms with Crippen LogP contribution in [-0.2, 0) is 9.53 Å². The minimum Gasteiger partial charge on any atom is -0.480 e. The monoisotopic (exact) mass is 395 g/mol. The van der Waals surface area contributed by atoms with Crippen LogP contribution in [0.3, 0.4) is 0 Å². The van der Waals surface area contributed by atoms with E-state index in [9.17, 15) is 14.7 Å². The second-order valence-corrected chi connectivity index (χ2v) is 7.44. The van der Waals surface area contributed by atoms with Crippen molar-refractivity contribution in [3.8, 4) is 11.1 Å². The average Bonchev–Trinajstić information content (AvgIpc) is 3.05. The molecule has 1 N–H and O–H groups in total. The second kappa shape index (κ2) is 9.59. The molecule has 0 radical (unpaired) electrons. The number of carboxylic acids is 1. The highest BCUT2D eigenvalue weighted by Crippen LogP contribution is 2.44. The lowest BCUT2D eigenvalue weighted by Crippen LogP contribution is -2.45. The number of aliphatic carboxylic acids is 1. The fourth-order valence-electron chi connectivity index (χ4n) is 4.15. The summed E-state index contributed by atoms with van der Waals surface area (Å²) in [6.07, 6.45) is 2.62. The van der Waals surface area contributed by atoms with Gasteiger partial charge in [0.1, 0.15) is 12.6 Å². The van der Waals surface area contributed by atoms with Crippen molar-refractivity contribution in [2.75, 3.05) is 13.2 Å². The number of likely N-dealkylation sites (N-methyl/N-ethyl adjacent to an activating group) is 1. The van der Waals surface area contributed by atoms with Crippen LogP contribution in [0.5, 0.6) is 0 Å². The topological polar surface area (TPSA) is 66.8 Å². The summed E-state index contributed by atoms with van der Waals surface area (Å²) in [5.74, 6) is -1.01. The van der Waals surface area contributed by atoms with Gasteiger partial charge in [-0.05, 0) is 35.6 Å². The van der Waals surface area contributed by atoms with Gasteiger partial charge in [-0.15, -0.1) is 0 Å². The molecule has 0 saturated heterocycles. The van der Waals surface area contributed by atoms with E-state index in [1.165, 1.54) is 16.0 Å². The number of nitrogens with zero attached hydrogens (tertiary/aromatic N) is 1. The number of ether oxygens (including phenoxy) is 1. The largest absolute Gasteiger partial charge is 0.480 e. The van der Waals surface area contributed by atoms with E-state index in [0.29, 0.717) is 13.0 Å². The molecule has 0 heterocycles. The number of hydrogen-bond donors (Lipinski definition) is 1. The summed E-state index contributed by atoms with van der Waals surface area (Å²) in [7, 11) is 0. The van der Waals surface area contributed by atoms with Gasteiger partial charge in [0.25, 0.3) is 0 Å². The van der Waals surface area contributed by atoms with Crippen molar-refractivity contribution in [2.45, 2.75) is 51.5 Å². The Morgan fingerprint density at radius 2 is 1.59 bits per heavy atom. The van der Waals surface area contributed by atoms with Crippen LogP contribution in [0.4, 0.5) is 4.79 Å². The molecule has 0 bridgehead atoms. The highest BCUT2D eigenvalue weighted by molar-refractivity contribution is 5.81. The Bertz CT molecular complexity index is 818. The van der Waals surface area contributed by atoms with E-state index in [2.05, 4.69) is 31.2 Å². The van der Waals surface area contributed by atoms with Crippen molar-refractivity contribution in [3.05, 3.63) is 59.7 Å². The van der Waals surface area contributed by atoms with Crippen LogP contribution in [0.15, 0.2) is 48.5 Å². The van der Waals surface area contributed by atoms with Crippen LogP contribution in [-0.4, -0.2) is 41.3 Å². The lowest BCUT2D eigenvalue weighted by molar-refractivity contribution is -0.143. The average molecular weight is 395 g/mol. The van der Waals surface area contributed by atoms with Gasteiger partial charge in [-0.3, -0.25) is 4.90 Å². The first-order valence-electron chi connectivity index (χ1n) is 10.4. The molecule has 1 unspecified atom stereocenters. The van der Waals surface area contributed by atoms with Gasteiger partial charge in [0.2, 0.25) is 0 Å². The summed E-state index contributed by atoms with van der Waals surface area (Å²) in [4.78, 5) is 25.8. The Morgan fingerprint density at radius 1 is 1.00 bits per heavy atom. The van der Waals surface area contributed by atoms with Gasteiger partial charge in [0.05, 0.1) is 0 Å². The maximum Gasteiger partial charge on any atom is 0.410 e. The molecule has 1 atom stereocenters. The number of carbonyl (C=O) groups excluding carboxylic acids is 1. The molecule has 0 spiro atoms. The van der Waals surface area contributed by atoms with E-state index in [0.717, 1.165) is 30.4 Å².